The van der Waals surface area contributed by atoms with Gasteiger partial charge in [-0.2, -0.15) is 0 Å². The standard InChI is InChI=1S/C14H15NO4/c1-19-9-4-2-3-8(5-9)6-15-13(17)11-10(7-16)12(11)14(15)18/h2-5,10-12,16H,6-7H2,1H3. The van der Waals surface area contributed by atoms with Crippen LogP contribution in [0, 0.1) is 17.8 Å². The van der Waals surface area contributed by atoms with E-state index >= 15 is 0 Å². The smallest absolute Gasteiger partial charge is 0.233 e. The molecule has 2 atom stereocenters. The number of amides is 2. The van der Waals surface area contributed by atoms with Crippen LogP contribution < -0.4 is 4.74 Å². The Hall–Kier alpha value is -1.88. The van der Waals surface area contributed by atoms with Crippen LogP contribution in [0.3, 0.4) is 0 Å². The van der Waals surface area contributed by atoms with Gasteiger partial charge in [0.1, 0.15) is 5.75 Å². The van der Waals surface area contributed by atoms with Crippen molar-refractivity contribution in [2.24, 2.45) is 17.8 Å². The van der Waals surface area contributed by atoms with Crippen LogP contribution in [-0.4, -0.2) is 35.5 Å². The zero-order valence-corrected chi connectivity index (χ0v) is 10.6. The summed E-state index contributed by atoms with van der Waals surface area (Å²) in [6, 6.07) is 7.32. The first-order valence-corrected chi connectivity index (χ1v) is 6.26. The van der Waals surface area contributed by atoms with Gasteiger partial charge in [-0.25, -0.2) is 0 Å². The number of carbonyl (C=O) groups excluding carboxylic acids is 2. The fourth-order valence-corrected chi connectivity index (χ4v) is 2.85. The number of benzene rings is 1. The lowest BCUT2D eigenvalue weighted by Gasteiger charge is -2.18. The molecule has 1 N–H and O–H groups in total. The molecule has 0 radical (unpaired) electrons. The molecule has 2 unspecified atom stereocenters. The molecule has 0 bridgehead atoms. The van der Waals surface area contributed by atoms with Gasteiger partial charge in [-0.15, -0.1) is 0 Å². The molecular formula is C14H15NO4. The minimum atomic E-state index is -0.289. The van der Waals surface area contributed by atoms with Gasteiger partial charge in [0.25, 0.3) is 0 Å². The first-order chi connectivity index (χ1) is 9.17. The Morgan fingerprint density at radius 1 is 1.26 bits per heavy atom. The lowest BCUT2D eigenvalue weighted by Crippen LogP contribution is -2.34. The molecule has 2 amide bonds. The van der Waals surface area contributed by atoms with E-state index in [4.69, 9.17) is 9.84 Å². The van der Waals surface area contributed by atoms with Crippen molar-refractivity contribution in [2.45, 2.75) is 6.54 Å². The Balaban J connectivity index is 1.75. The third-order valence-electron chi connectivity index (χ3n) is 3.96. The molecule has 1 heterocycles. The third-order valence-corrected chi connectivity index (χ3v) is 3.96. The molecule has 5 heteroatoms. The molecule has 19 heavy (non-hydrogen) atoms. The number of nitrogens with zero attached hydrogens (tertiary/aromatic N) is 1. The molecule has 0 aromatic heterocycles. The molecule has 1 aliphatic heterocycles. The van der Waals surface area contributed by atoms with E-state index in [1.165, 1.54) is 4.90 Å². The van der Waals surface area contributed by atoms with Gasteiger partial charge in [0.15, 0.2) is 0 Å². The van der Waals surface area contributed by atoms with Crippen LogP contribution in [0.1, 0.15) is 5.56 Å². The van der Waals surface area contributed by atoms with Crippen molar-refractivity contribution in [3.8, 4) is 5.75 Å². The van der Waals surface area contributed by atoms with E-state index in [1.54, 1.807) is 7.11 Å². The van der Waals surface area contributed by atoms with E-state index in [2.05, 4.69) is 0 Å². The number of carbonyl (C=O) groups is 2. The van der Waals surface area contributed by atoms with Crippen molar-refractivity contribution in [3.63, 3.8) is 0 Å². The molecule has 100 valence electrons. The molecule has 2 fully saturated rings. The van der Waals surface area contributed by atoms with E-state index < -0.39 is 0 Å². The minimum absolute atomic E-state index is 0.0835. The number of fused-ring (bicyclic) bond motifs is 1. The number of ether oxygens (including phenoxy) is 1. The number of hydrogen-bond donors (Lipinski definition) is 1. The number of methoxy groups -OCH3 is 1. The molecule has 1 aromatic carbocycles. The van der Waals surface area contributed by atoms with E-state index in [1.807, 2.05) is 24.3 Å². The Morgan fingerprint density at radius 2 is 1.95 bits per heavy atom. The number of piperidine rings is 1. The summed E-state index contributed by atoms with van der Waals surface area (Å²) in [5.41, 5.74) is 0.864. The maximum Gasteiger partial charge on any atom is 0.233 e. The molecule has 3 rings (SSSR count). The largest absolute Gasteiger partial charge is 0.497 e. The Kier molecular flexibility index (Phi) is 2.78. The van der Waals surface area contributed by atoms with Crippen molar-refractivity contribution < 1.29 is 19.4 Å². The van der Waals surface area contributed by atoms with Crippen molar-refractivity contribution >= 4 is 11.8 Å². The highest BCUT2D eigenvalue weighted by atomic mass is 16.5. The predicted molar refractivity (Wildman–Crippen MR) is 66.1 cm³/mol. The Morgan fingerprint density at radius 3 is 2.53 bits per heavy atom. The highest BCUT2D eigenvalue weighted by Gasteiger charge is 2.66. The number of aliphatic hydroxyl groups is 1. The van der Waals surface area contributed by atoms with Gasteiger partial charge < -0.3 is 9.84 Å². The second-order valence-corrected chi connectivity index (χ2v) is 5.01. The number of likely N-dealkylation sites (tertiary alicyclic amines) is 1. The highest BCUT2D eigenvalue weighted by molar-refractivity contribution is 6.09. The number of rotatable bonds is 4. The predicted octanol–water partition coefficient (Wildman–Crippen LogP) is 0.418. The van der Waals surface area contributed by atoms with E-state index in [0.717, 1.165) is 5.56 Å². The van der Waals surface area contributed by atoms with Crippen molar-refractivity contribution in [1.29, 1.82) is 0 Å². The summed E-state index contributed by atoms with van der Waals surface area (Å²) in [5.74, 6) is -0.337. The maximum absolute atomic E-state index is 12.0. The van der Waals surface area contributed by atoms with Gasteiger partial charge in [-0.05, 0) is 17.7 Å². The van der Waals surface area contributed by atoms with Crippen LogP contribution in [0.4, 0.5) is 0 Å². The number of imide groups is 1. The normalized spacial score (nSPS) is 28.5. The molecule has 5 nitrogen and oxygen atoms in total. The first kappa shape index (κ1) is 12.2. The second kappa shape index (κ2) is 4.35. The van der Waals surface area contributed by atoms with Crippen LogP contribution >= 0.6 is 0 Å². The highest BCUT2D eigenvalue weighted by Crippen LogP contribution is 2.53. The van der Waals surface area contributed by atoms with Crippen LogP contribution in [0.5, 0.6) is 5.75 Å². The summed E-state index contributed by atoms with van der Waals surface area (Å²) < 4.78 is 5.12. The van der Waals surface area contributed by atoms with Crippen molar-refractivity contribution in [3.05, 3.63) is 29.8 Å². The summed E-state index contributed by atoms with van der Waals surface area (Å²) in [6.45, 7) is 0.194. The quantitative estimate of drug-likeness (QED) is 0.798. The Labute approximate surface area is 110 Å². The molecule has 1 aliphatic carbocycles. The van der Waals surface area contributed by atoms with E-state index in [-0.39, 0.29) is 42.7 Å². The van der Waals surface area contributed by atoms with E-state index in [0.29, 0.717) is 5.75 Å². The van der Waals surface area contributed by atoms with Gasteiger partial charge in [-0.1, -0.05) is 12.1 Å². The average molecular weight is 261 g/mol. The second-order valence-electron chi connectivity index (χ2n) is 5.01. The molecular weight excluding hydrogens is 246 g/mol. The number of aliphatic hydroxyl groups excluding tert-OH is 1. The lowest BCUT2D eigenvalue weighted by atomic mass is 10.2. The maximum atomic E-state index is 12.0. The molecule has 1 saturated carbocycles. The molecule has 0 spiro atoms. The summed E-state index contributed by atoms with van der Waals surface area (Å²) in [5, 5.41) is 9.05. The third kappa shape index (κ3) is 1.81. The van der Waals surface area contributed by atoms with Crippen LogP contribution in [0.25, 0.3) is 0 Å². The summed E-state index contributed by atoms with van der Waals surface area (Å²) in [4.78, 5) is 25.4. The Bertz CT molecular complexity index is 520. The summed E-state index contributed by atoms with van der Waals surface area (Å²) in [7, 11) is 1.58. The van der Waals surface area contributed by atoms with Gasteiger partial charge >= 0.3 is 0 Å². The molecule has 1 saturated heterocycles. The molecule has 1 aromatic rings. The summed E-state index contributed by atoms with van der Waals surface area (Å²) in [6.07, 6.45) is 0. The fourth-order valence-electron chi connectivity index (χ4n) is 2.85. The SMILES string of the molecule is COc1cccc(CN2C(=O)C3C(CO)C3C2=O)c1. The number of hydrogen-bond acceptors (Lipinski definition) is 4. The monoisotopic (exact) mass is 261 g/mol. The minimum Gasteiger partial charge on any atom is -0.497 e. The topological polar surface area (TPSA) is 66.8 Å². The lowest BCUT2D eigenvalue weighted by molar-refractivity contribution is -0.143. The van der Waals surface area contributed by atoms with Crippen LogP contribution in [0.15, 0.2) is 24.3 Å². The van der Waals surface area contributed by atoms with E-state index in [9.17, 15) is 9.59 Å². The van der Waals surface area contributed by atoms with Gasteiger partial charge in [0.05, 0.1) is 25.5 Å². The van der Waals surface area contributed by atoms with Gasteiger partial charge in [0.2, 0.25) is 11.8 Å². The zero-order chi connectivity index (χ0) is 13.6. The molecule has 2 aliphatic rings. The van der Waals surface area contributed by atoms with Gasteiger partial charge in [0, 0.05) is 12.5 Å². The first-order valence-electron chi connectivity index (χ1n) is 6.26. The van der Waals surface area contributed by atoms with Crippen LogP contribution in [0.2, 0.25) is 0 Å². The van der Waals surface area contributed by atoms with Gasteiger partial charge in [-0.3, -0.25) is 14.5 Å². The van der Waals surface area contributed by atoms with Crippen molar-refractivity contribution in [2.75, 3.05) is 13.7 Å². The summed E-state index contributed by atoms with van der Waals surface area (Å²) >= 11 is 0. The fraction of sp³-hybridized carbons (Fsp3) is 0.429. The van der Waals surface area contributed by atoms with Crippen LogP contribution in [-0.2, 0) is 16.1 Å². The average Bonchev–Trinajstić information content (AvgIpc) is 3.12. The van der Waals surface area contributed by atoms with Crippen molar-refractivity contribution in [1.82, 2.24) is 4.90 Å². The zero-order valence-electron chi connectivity index (χ0n) is 10.6.